The standard InChI is InChI=1S/C11H12O5S/c1-7(12)5-8-3-4-9-10(16-6-15-9)11(8)17(2,13)14/h3-4H,5-6H2,1-2H3. The van der Waals surface area contributed by atoms with Crippen molar-refractivity contribution in [3.8, 4) is 11.5 Å². The molecular formula is C11H12O5S. The summed E-state index contributed by atoms with van der Waals surface area (Å²) in [6.07, 6.45) is 1.16. The van der Waals surface area contributed by atoms with Crippen LogP contribution >= 0.6 is 0 Å². The first kappa shape index (κ1) is 11.9. The lowest BCUT2D eigenvalue weighted by atomic mass is 10.1. The van der Waals surface area contributed by atoms with E-state index in [0.717, 1.165) is 6.26 Å². The van der Waals surface area contributed by atoms with Crippen LogP contribution in [0.3, 0.4) is 0 Å². The fourth-order valence-corrected chi connectivity index (χ4v) is 2.91. The molecule has 1 aliphatic heterocycles. The predicted octanol–water partition coefficient (Wildman–Crippen LogP) is 0.950. The van der Waals surface area contributed by atoms with Crippen LogP contribution in [0.4, 0.5) is 0 Å². The molecule has 17 heavy (non-hydrogen) atoms. The van der Waals surface area contributed by atoms with Crippen molar-refractivity contribution in [2.24, 2.45) is 0 Å². The number of carbonyl (C=O) groups is 1. The quantitative estimate of drug-likeness (QED) is 0.805. The van der Waals surface area contributed by atoms with Crippen molar-refractivity contribution in [2.75, 3.05) is 13.0 Å². The summed E-state index contributed by atoms with van der Waals surface area (Å²) in [4.78, 5) is 11.2. The van der Waals surface area contributed by atoms with E-state index in [1.54, 1.807) is 12.1 Å². The Morgan fingerprint density at radius 2 is 2.06 bits per heavy atom. The van der Waals surface area contributed by atoms with E-state index in [-0.39, 0.29) is 29.6 Å². The van der Waals surface area contributed by atoms with Crippen LogP contribution in [0.25, 0.3) is 0 Å². The highest BCUT2D eigenvalue weighted by atomic mass is 32.2. The Morgan fingerprint density at radius 1 is 1.35 bits per heavy atom. The molecular weight excluding hydrogens is 244 g/mol. The highest BCUT2D eigenvalue weighted by Crippen LogP contribution is 2.40. The van der Waals surface area contributed by atoms with Crippen LogP contribution in [0.1, 0.15) is 12.5 Å². The molecule has 0 fully saturated rings. The topological polar surface area (TPSA) is 69.7 Å². The van der Waals surface area contributed by atoms with Crippen molar-refractivity contribution < 1.29 is 22.7 Å². The smallest absolute Gasteiger partial charge is 0.231 e. The van der Waals surface area contributed by atoms with Crippen LogP contribution in [-0.4, -0.2) is 27.2 Å². The first-order valence-electron chi connectivity index (χ1n) is 5.00. The van der Waals surface area contributed by atoms with Gasteiger partial charge in [0.1, 0.15) is 10.7 Å². The fourth-order valence-electron chi connectivity index (χ4n) is 1.80. The number of fused-ring (bicyclic) bond motifs is 1. The number of ether oxygens (including phenoxy) is 2. The lowest BCUT2D eigenvalue weighted by Gasteiger charge is -2.09. The number of hydrogen-bond donors (Lipinski definition) is 0. The van der Waals surface area contributed by atoms with Gasteiger partial charge in [0.15, 0.2) is 21.3 Å². The van der Waals surface area contributed by atoms with E-state index in [4.69, 9.17) is 9.47 Å². The van der Waals surface area contributed by atoms with Gasteiger partial charge in [0.2, 0.25) is 6.79 Å². The molecule has 0 aliphatic carbocycles. The van der Waals surface area contributed by atoms with Crippen LogP contribution in [0.15, 0.2) is 17.0 Å². The summed E-state index contributed by atoms with van der Waals surface area (Å²) in [5.41, 5.74) is 0.448. The van der Waals surface area contributed by atoms with Crippen LogP contribution in [0.5, 0.6) is 11.5 Å². The number of Topliss-reactive ketones (excluding diaryl/α,β-unsaturated/α-hetero) is 1. The lowest BCUT2D eigenvalue weighted by molar-refractivity contribution is -0.116. The number of benzene rings is 1. The second kappa shape index (κ2) is 4.03. The van der Waals surface area contributed by atoms with Gasteiger partial charge in [-0.2, -0.15) is 0 Å². The van der Waals surface area contributed by atoms with Crippen LogP contribution in [0, 0.1) is 0 Å². The van der Waals surface area contributed by atoms with Gasteiger partial charge < -0.3 is 9.47 Å². The first-order valence-corrected chi connectivity index (χ1v) is 6.89. The van der Waals surface area contributed by atoms with Crippen LogP contribution in [-0.2, 0) is 21.1 Å². The molecule has 0 atom stereocenters. The molecule has 1 aromatic rings. The number of hydrogen-bond acceptors (Lipinski definition) is 5. The third-order valence-corrected chi connectivity index (χ3v) is 3.57. The molecule has 0 saturated carbocycles. The Labute approximate surface area is 99.3 Å². The third-order valence-electron chi connectivity index (χ3n) is 2.39. The third kappa shape index (κ3) is 2.26. The molecule has 0 aromatic heterocycles. The average molecular weight is 256 g/mol. The monoisotopic (exact) mass is 256 g/mol. The van der Waals surface area contributed by atoms with Gasteiger partial charge in [0, 0.05) is 12.7 Å². The molecule has 6 heteroatoms. The van der Waals surface area contributed by atoms with E-state index < -0.39 is 9.84 Å². The molecule has 0 spiro atoms. The van der Waals surface area contributed by atoms with Gasteiger partial charge in [-0.15, -0.1) is 0 Å². The molecule has 0 unspecified atom stereocenters. The van der Waals surface area contributed by atoms with E-state index in [1.165, 1.54) is 6.92 Å². The molecule has 2 rings (SSSR count). The molecule has 0 saturated heterocycles. The molecule has 0 bridgehead atoms. The van der Waals surface area contributed by atoms with Crippen molar-refractivity contribution >= 4 is 15.6 Å². The van der Waals surface area contributed by atoms with Gasteiger partial charge in [0.25, 0.3) is 0 Å². The lowest BCUT2D eigenvalue weighted by Crippen LogP contribution is -2.07. The summed E-state index contributed by atoms with van der Waals surface area (Å²) >= 11 is 0. The Kier molecular flexibility index (Phi) is 2.82. The Morgan fingerprint density at radius 3 is 2.65 bits per heavy atom. The predicted molar refractivity (Wildman–Crippen MR) is 60.1 cm³/mol. The zero-order valence-corrected chi connectivity index (χ0v) is 10.3. The summed E-state index contributed by atoms with van der Waals surface area (Å²) < 4.78 is 33.8. The molecule has 0 N–H and O–H groups in total. The highest BCUT2D eigenvalue weighted by molar-refractivity contribution is 7.90. The van der Waals surface area contributed by atoms with Crippen LogP contribution < -0.4 is 9.47 Å². The molecule has 5 nitrogen and oxygen atoms in total. The van der Waals surface area contributed by atoms with Gasteiger partial charge >= 0.3 is 0 Å². The van der Waals surface area contributed by atoms with Crippen molar-refractivity contribution in [2.45, 2.75) is 18.2 Å². The summed E-state index contributed by atoms with van der Waals surface area (Å²) in [5, 5.41) is 0. The molecule has 1 aromatic carbocycles. The zero-order valence-electron chi connectivity index (χ0n) is 9.52. The Hall–Kier alpha value is -1.56. The van der Waals surface area contributed by atoms with E-state index in [1.807, 2.05) is 0 Å². The molecule has 0 amide bonds. The summed E-state index contributed by atoms with van der Waals surface area (Å²) in [6, 6.07) is 3.21. The molecule has 92 valence electrons. The Balaban J connectivity index is 2.65. The number of carbonyl (C=O) groups excluding carboxylic acids is 1. The normalized spacial score (nSPS) is 13.8. The van der Waals surface area contributed by atoms with Gasteiger partial charge in [0.05, 0.1) is 0 Å². The van der Waals surface area contributed by atoms with E-state index in [0.29, 0.717) is 11.3 Å². The van der Waals surface area contributed by atoms with Crippen molar-refractivity contribution in [1.82, 2.24) is 0 Å². The van der Waals surface area contributed by atoms with Crippen molar-refractivity contribution in [3.05, 3.63) is 17.7 Å². The zero-order chi connectivity index (χ0) is 12.6. The van der Waals surface area contributed by atoms with Crippen molar-refractivity contribution in [3.63, 3.8) is 0 Å². The number of ketones is 1. The van der Waals surface area contributed by atoms with Gasteiger partial charge in [-0.1, -0.05) is 6.07 Å². The second-order valence-electron chi connectivity index (χ2n) is 3.94. The first-order chi connectivity index (χ1) is 7.89. The maximum Gasteiger partial charge on any atom is 0.231 e. The fraction of sp³-hybridized carbons (Fsp3) is 0.364. The number of sulfone groups is 1. The SMILES string of the molecule is CC(=O)Cc1ccc2c(c1S(C)(=O)=O)OCO2. The molecule has 0 radical (unpaired) electrons. The van der Waals surface area contributed by atoms with Crippen molar-refractivity contribution in [1.29, 1.82) is 0 Å². The summed E-state index contributed by atoms with van der Waals surface area (Å²) in [5.74, 6) is 0.512. The largest absolute Gasteiger partial charge is 0.454 e. The van der Waals surface area contributed by atoms with Gasteiger partial charge in [-0.05, 0) is 18.6 Å². The Bertz CT molecular complexity index is 574. The summed E-state index contributed by atoms with van der Waals surface area (Å²) in [7, 11) is -3.46. The maximum atomic E-state index is 11.7. The number of rotatable bonds is 3. The highest BCUT2D eigenvalue weighted by Gasteiger charge is 2.27. The van der Waals surface area contributed by atoms with Crippen LogP contribution in [0.2, 0.25) is 0 Å². The maximum absolute atomic E-state index is 11.7. The van der Waals surface area contributed by atoms with E-state index >= 15 is 0 Å². The van der Waals surface area contributed by atoms with E-state index in [2.05, 4.69) is 0 Å². The second-order valence-corrected chi connectivity index (χ2v) is 5.89. The molecule has 1 heterocycles. The van der Waals surface area contributed by atoms with Gasteiger partial charge in [-0.25, -0.2) is 8.42 Å². The molecule has 1 aliphatic rings. The average Bonchev–Trinajstić information content (AvgIpc) is 2.61. The minimum absolute atomic E-state index is 0.00137. The van der Waals surface area contributed by atoms with E-state index in [9.17, 15) is 13.2 Å². The summed E-state index contributed by atoms with van der Waals surface area (Å²) in [6.45, 7) is 1.41. The minimum atomic E-state index is -3.46. The minimum Gasteiger partial charge on any atom is -0.454 e. The van der Waals surface area contributed by atoms with Gasteiger partial charge in [-0.3, -0.25) is 4.79 Å².